The average Bonchev–Trinajstić information content (AvgIpc) is 2.61. The number of carbonyl (C=O) groups excluding carboxylic acids is 2. The highest BCUT2D eigenvalue weighted by atomic mass is 32.1. The highest BCUT2D eigenvalue weighted by molar-refractivity contribution is 7.80. The Bertz CT molecular complexity index is 827. The molecule has 4 nitrogen and oxygen atoms in total. The van der Waals surface area contributed by atoms with Gasteiger partial charge in [0.05, 0.1) is 5.41 Å². The molecule has 2 aromatic rings. The topological polar surface area (TPSA) is 46.6 Å². The van der Waals surface area contributed by atoms with Crippen molar-refractivity contribution in [2.75, 3.05) is 13.1 Å². The Hall–Kier alpha value is -1.85. The van der Waals surface area contributed by atoms with Gasteiger partial charge in [-0.3, -0.25) is 4.79 Å². The van der Waals surface area contributed by atoms with Crippen molar-refractivity contribution in [1.29, 1.82) is 0 Å². The second kappa shape index (κ2) is 7.41. The quantitative estimate of drug-likeness (QED) is 0.821. The van der Waals surface area contributed by atoms with Gasteiger partial charge in [-0.05, 0) is 37.1 Å². The maximum Gasteiger partial charge on any atom is 0.330 e. The molecular formula is C21H25NO3S. The van der Waals surface area contributed by atoms with Crippen molar-refractivity contribution in [2.24, 2.45) is 11.3 Å². The van der Waals surface area contributed by atoms with Gasteiger partial charge >= 0.3 is 5.97 Å². The molecule has 138 valence electrons. The summed E-state index contributed by atoms with van der Waals surface area (Å²) >= 11 is 4.75. The summed E-state index contributed by atoms with van der Waals surface area (Å²) in [6.45, 7) is 6.27. The van der Waals surface area contributed by atoms with E-state index in [0.29, 0.717) is 19.5 Å². The number of hydrogen-bond acceptors (Lipinski definition) is 5. The van der Waals surface area contributed by atoms with Gasteiger partial charge in [0.2, 0.25) is 0 Å². The van der Waals surface area contributed by atoms with E-state index in [1.165, 1.54) is 0 Å². The van der Waals surface area contributed by atoms with Crippen LogP contribution < -0.4 is 0 Å². The molecule has 0 saturated carbocycles. The number of fused-ring (bicyclic) bond motifs is 1. The number of ketones is 1. The number of thiol groups is 1. The van der Waals surface area contributed by atoms with E-state index in [2.05, 4.69) is 24.3 Å². The number of nitrogens with zero attached hydrogens (tertiary/aromatic N) is 1. The fourth-order valence-corrected chi connectivity index (χ4v) is 3.49. The van der Waals surface area contributed by atoms with Crippen molar-refractivity contribution < 1.29 is 14.4 Å². The number of Topliss-reactive ketones (excluding diaryl/α,β-unsaturated/α-hetero) is 1. The summed E-state index contributed by atoms with van der Waals surface area (Å²) in [5, 5.41) is 3.67. The average molecular weight is 372 g/mol. The van der Waals surface area contributed by atoms with Gasteiger partial charge in [0, 0.05) is 30.7 Å². The molecule has 2 aromatic carbocycles. The summed E-state index contributed by atoms with van der Waals surface area (Å²) in [7, 11) is 0. The fourth-order valence-electron chi connectivity index (χ4n) is 3.07. The first-order chi connectivity index (χ1) is 12.3. The SMILES string of the molecule is CC(C)(C)C(=O)ON1CCC(=O)C(C(S)c2ccc3ccccc3c2)C1. The van der Waals surface area contributed by atoms with Crippen LogP contribution in [0.3, 0.4) is 0 Å². The van der Waals surface area contributed by atoms with E-state index in [9.17, 15) is 9.59 Å². The maximum atomic E-state index is 12.5. The van der Waals surface area contributed by atoms with Gasteiger partial charge in [0.1, 0.15) is 5.78 Å². The van der Waals surface area contributed by atoms with Crippen molar-refractivity contribution in [3.8, 4) is 0 Å². The number of carbonyl (C=O) groups is 2. The smallest absolute Gasteiger partial charge is 0.330 e. The lowest BCUT2D eigenvalue weighted by atomic mass is 9.89. The summed E-state index contributed by atoms with van der Waals surface area (Å²) < 4.78 is 0. The zero-order valence-electron chi connectivity index (χ0n) is 15.4. The highest BCUT2D eigenvalue weighted by Crippen LogP contribution is 2.34. The molecule has 0 radical (unpaired) electrons. The first kappa shape index (κ1) is 18.9. The zero-order valence-corrected chi connectivity index (χ0v) is 16.3. The molecule has 0 aliphatic carbocycles. The van der Waals surface area contributed by atoms with Gasteiger partial charge in [-0.15, -0.1) is 5.06 Å². The van der Waals surface area contributed by atoms with Crippen LogP contribution >= 0.6 is 12.6 Å². The van der Waals surface area contributed by atoms with Crippen LogP contribution in [0.15, 0.2) is 42.5 Å². The van der Waals surface area contributed by atoms with Gasteiger partial charge in [-0.2, -0.15) is 12.6 Å². The molecule has 0 N–H and O–H groups in total. The van der Waals surface area contributed by atoms with Crippen LogP contribution in [0.5, 0.6) is 0 Å². The zero-order chi connectivity index (χ0) is 18.9. The molecule has 0 amide bonds. The van der Waals surface area contributed by atoms with Crippen molar-refractivity contribution in [2.45, 2.75) is 32.4 Å². The second-order valence-corrected chi connectivity index (χ2v) is 8.45. The summed E-state index contributed by atoms with van der Waals surface area (Å²) in [5.41, 5.74) is 0.435. The number of benzene rings is 2. The molecule has 3 rings (SSSR count). The molecule has 1 fully saturated rings. The molecular weight excluding hydrogens is 346 g/mol. The van der Waals surface area contributed by atoms with E-state index >= 15 is 0 Å². The van der Waals surface area contributed by atoms with E-state index in [1.54, 1.807) is 5.06 Å². The maximum absolute atomic E-state index is 12.5. The minimum Gasteiger partial charge on any atom is -0.367 e. The lowest BCUT2D eigenvalue weighted by molar-refractivity contribution is -0.207. The summed E-state index contributed by atoms with van der Waals surface area (Å²) in [5.74, 6) is -0.422. The summed E-state index contributed by atoms with van der Waals surface area (Å²) in [4.78, 5) is 30.1. The first-order valence-electron chi connectivity index (χ1n) is 8.92. The fraction of sp³-hybridized carbons (Fsp3) is 0.429. The molecule has 1 aliphatic rings. The van der Waals surface area contributed by atoms with Gasteiger partial charge < -0.3 is 4.84 Å². The van der Waals surface area contributed by atoms with Crippen LogP contribution in [-0.2, 0) is 14.4 Å². The standard InChI is InChI=1S/C21H25NO3S/c1-21(2,3)20(24)25-22-11-10-18(23)17(13-22)19(26)16-9-8-14-6-4-5-7-15(14)12-16/h4-9,12,17,19,26H,10-11,13H2,1-3H3. The Labute approximate surface area is 159 Å². The van der Waals surface area contributed by atoms with Crippen molar-refractivity contribution in [1.82, 2.24) is 5.06 Å². The van der Waals surface area contributed by atoms with Gasteiger partial charge in [-0.25, -0.2) is 4.79 Å². The minimum absolute atomic E-state index is 0.168. The second-order valence-electron chi connectivity index (χ2n) is 7.89. The predicted octanol–water partition coefficient (Wildman–Crippen LogP) is 4.21. The Morgan fingerprint density at radius 2 is 1.88 bits per heavy atom. The van der Waals surface area contributed by atoms with E-state index in [0.717, 1.165) is 16.3 Å². The number of hydrogen-bond donors (Lipinski definition) is 1. The Kier molecular flexibility index (Phi) is 5.39. The number of hydroxylamine groups is 2. The van der Waals surface area contributed by atoms with E-state index in [4.69, 9.17) is 17.5 Å². The Balaban J connectivity index is 1.77. The normalized spacial score (nSPS) is 20.2. The van der Waals surface area contributed by atoms with Gasteiger partial charge in [-0.1, -0.05) is 42.5 Å². The van der Waals surface area contributed by atoms with E-state index < -0.39 is 5.41 Å². The third kappa shape index (κ3) is 4.10. The Morgan fingerprint density at radius 1 is 1.19 bits per heavy atom. The third-order valence-electron chi connectivity index (χ3n) is 4.74. The van der Waals surface area contributed by atoms with Crippen LogP contribution in [0, 0.1) is 11.3 Å². The number of rotatable bonds is 3. The third-order valence-corrected chi connectivity index (χ3v) is 5.40. The van der Waals surface area contributed by atoms with Crippen LogP contribution in [-0.4, -0.2) is 29.9 Å². The molecule has 0 aromatic heterocycles. The molecule has 0 bridgehead atoms. The summed E-state index contributed by atoms with van der Waals surface area (Å²) in [6, 6.07) is 14.3. The lowest BCUT2D eigenvalue weighted by Gasteiger charge is -2.34. The molecule has 5 heteroatoms. The van der Waals surface area contributed by atoms with Crippen molar-refractivity contribution >= 4 is 35.2 Å². The highest BCUT2D eigenvalue weighted by Gasteiger charge is 2.36. The van der Waals surface area contributed by atoms with E-state index in [-0.39, 0.29) is 22.9 Å². The van der Waals surface area contributed by atoms with Crippen LogP contribution in [0.1, 0.15) is 38.0 Å². The first-order valence-corrected chi connectivity index (χ1v) is 9.44. The van der Waals surface area contributed by atoms with Crippen molar-refractivity contribution in [3.63, 3.8) is 0 Å². The molecule has 2 atom stereocenters. The van der Waals surface area contributed by atoms with Crippen LogP contribution in [0.2, 0.25) is 0 Å². The number of piperidine rings is 1. The Morgan fingerprint density at radius 3 is 2.58 bits per heavy atom. The molecule has 2 unspecified atom stereocenters. The molecule has 1 heterocycles. The van der Waals surface area contributed by atoms with Crippen molar-refractivity contribution in [3.05, 3.63) is 48.0 Å². The van der Waals surface area contributed by atoms with Crippen LogP contribution in [0.4, 0.5) is 0 Å². The lowest BCUT2D eigenvalue weighted by Crippen LogP contribution is -2.44. The monoisotopic (exact) mass is 371 g/mol. The largest absolute Gasteiger partial charge is 0.367 e. The molecule has 1 saturated heterocycles. The van der Waals surface area contributed by atoms with Gasteiger partial charge in [0.25, 0.3) is 0 Å². The molecule has 1 aliphatic heterocycles. The minimum atomic E-state index is -0.574. The molecule has 0 spiro atoms. The predicted molar refractivity (Wildman–Crippen MR) is 106 cm³/mol. The van der Waals surface area contributed by atoms with E-state index in [1.807, 2.05) is 39.0 Å². The summed E-state index contributed by atoms with van der Waals surface area (Å²) in [6.07, 6.45) is 0.368. The van der Waals surface area contributed by atoms with Gasteiger partial charge in [0.15, 0.2) is 0 Å². The molecule has 26 heavy (non-hydrogen) atoms. The van der Waals surface area contributed by atoms with Crippen LogP contribution in [0.25, 0.3) is 10.8 Å².